The Bertz CT molecular complexity index is 952. The highest BCUT2D eigenvalue weighted by Crippen LogP contribution is 2.41. The van der Waals surface area contributed by atoms with Crippen molar-refractivity contribution in [3.63, 3.8) is 0 Å². The quantitative estimate of drug-likeness (QED) is 0.430. The van der Waals surface area contributed by atoms with Gasteiger partial charge in [-0.1, -0.05) is 61.9 Å². The van der Waals surface area contributed by atoms with E-state index >= 15 is 0 Å². The average molecular weight is 427 g/mol. The first-order valence-electron chi connectivity index (χ1n) is 9.77. The summed E-state index contributed by atoms with van der Waals surface area (Å²) in [7, 11) is 0. The van der Waals surface area contributed by atoms with Crippen LogP contribution in [0.2, 0.25) is 0 Å². The Morgan fingerprint density at radius 3 is 2.41 bits per heavy atom. The van der Waals surface area contributed by atoms with Crippen LogP contribution in [-0.4, -0.2) is 20.4 Å². The Kier molecular flexibility index (Phi) is 7.59. The van der Waals surface area contributed by atoms with E-state index < -0.39 is 6.10 Å². The summed E-state index contributed by atoms with van der Waals surface area (Å²) in [6, 6.07) is 14.0. The third-order valence-electron chi connectivity index (χ3n) is 5.02. The minimum Gasteiger partial charge on any atom is -0.384 e. The van der Waals surface area contributed by atoms with E-state index in [4.69, 9.17) is 11.6 Å². The van der Waals surface area contributed by atoms with Gasteiger partial charge in [-0.2, -0.15) is 0 Å². The van der Waals surface area contributed by atoms with E-state index in [1.165, 1.54) is 16.2 Å². The molecule has 3 nitrogen and oxygen atoms in total. The molecule has 5 heteroatoms. The molecule has 0 fully saturated rings. The van der Waals surface area contributed by atoms with Gasteiger partial charge >= 0.3 is 0 Å². The second-order valence-electron chi connectivity index (χ2n) is 7.30. The van der Waals surface area contributed by atoms with Crippen molar-refractivity contribution in [1.82, 2.24) is 9.55 Å². The molecule has 0 saturated carbocycles. The molecule has 2 aromatic heterocycles. The molecule has 0 aliphatic rings. The molecule has 0 aliphatic heterocycles. The number of hydrogen-bond donors (Lipinski definition) is 1. The van der Waals surface area contributed by atoms with E-state index in [0.717, 1.165) is 29.1 Å². The fraction of sp³-hybridized carbons (Fsp3) is 0.292. The first-order valence-corrected chi connectivity index (χ1v) is 11.2. The topological polar surface area (TPSA) is 38.0 Å². The predicted molar refractivity (Wildman–Crippen MR) is 123 cm³/mol. The van der Waals surface area contributed by atoms with Crippen LogP contribution in [0.15, 0.2) is 71.5 Å². The first-order chi connectivity index (χ1) is 14.0. The predicted octanol–water partition coefficient (Wildman–Crippen LogP) is 6.29. The molecule has 1 N–H and O–H groups in total. The highest BCUT2D eigenvalue weighted by atomic mass is 35.5. The van der Waals surface area contributed by atoms with Crippen molar-refractivity contribution in [3.05, 3.63) is 94.4 Å². The van der Waals surface area contributed by atoms with Crippen molar-refractivity contribution in [2.75, 3.05) is 5.75 Å². The van der Waals surface area contributed by atoms with Crippen molar-refractivity contribution in [1.29, 1.82) is 0 Å². The monoisotopic (exact) mass is 426 g/mol. The van der Waals surface area contributed by atoms with Gasteiger partial charge in [-0.05, 0) is 41.7 Å². The van der Waals surface area contributed by atoms with Crippen LogP contribution in [0.4, 0.5) is 0 Å². The number of aliphatic hydroxyl groups excluding tert-OH is 1. The molecule has 1 atom stereocenters. The van der Waals surface area contributed by atoms with Gasteiger partial charge in [-0.3, -0.25) is 4.98 Å². The Morgan fingerprint density at radius 2 is 1.79 bits per heavy atom. The molecule has 2 heterocycles. The van der Waals surface area contributed by atoms with Crippen LogP contribution in [0.25, 0.3) is 0 Å². The summed E-state index contributed by atoms with van der Waals surface area (Å²) in [5, 5.41) is 12.5. The van der Waals surface area contributed by atoms with E-state index in [0.29, 0.717) is 0 Å². The van der Waals surface area contributed by atoms with Gasteiger partial charge in [-0.15, -0.1) is 11.8 Å². The van der Waals surface area contributed by atoms with E-state index in [-0.39, 0.29) is 5.92 Å². The molecular weight excluding hydrogens is 400 g/mol. The first kappa shape index (κ1) is 21.7. The summed E-state index contributed by atoms with van der Waals surface area (Å²) in [4.78, 5) is 4.13. The Hall–Kier alpha value is -2.01. The minimum atomic E-state index is -0.657. The van der Waals surface area contributed by atoms with Crippen molar-refractivity contribution < 1.29 is 5.11 Å². The molecule has 0 amide bonds. The van der Waals surface area contributed by atoms with Crippen LogP contribution < -0.4 is 0 Å². The van der Waals surface area contributed by atoms with E-state index in [9.17, 15) is 5.11 Å². The average Bonchev–Trinajstić information content (AvgIpc) is 3.01. The molecule has 152 valence electrons. The second kappa shape index (κ2) is 10.1. The number of benzene rings is 1. The van der Waals surface area contributed by atoms with E-state index in [2.05, 4.69) is 30.3 Å². The Balaban J connectivity index is 2.15. The molecule has 0 bridgehead atoms. The molecule has 29 heavy (non-hydrogen) atoms. The molecule has 0 aliphatic carbocycles. The molecule has 3 rings (SSSR count). The molecule has 1 aromatic carbocycles. The zero-order valence-electron chi connectivity index (χ0n) is 17.0. The summed E-state index contributed by atoms with van der Waals surface area (Å²) in [6.07, 6.45) is 4.93. The largest absolute Gasteiger partial charge is 0.384 e. The lowest BCUT2D eigenvalue weighted by Crippen LogP contribution is -2.06. The lowest BCUT2D eigenvalue weighted by atomic mass is 9.93. The molecular formula is C24H27ClN2OS. The van der Waals surface area contributed by atoms with Crippen LogP contribution >= 0.6 is 23.4 Å². The summed E-state index contributed by atoms with van der Waals surface area (Å²) >= 11 is 7.52. The number of rotatable bonds is 8. The maximum atomic E-state index is 11.3. The fourth-order valence-corrected chi connectivity index (χ4v) is 5.04. The number of hydrogen-bond acceptors (Lipinski definition) is 3. The zero-order chi connectivity index (χ0) is 20.8. The van der Waals surface area contributed by atoms with E-state index in [1.54, 1.807) is 17.3 Å². The van der Waals surface area contributed by atoms with Gasteiger partial charge in [0.25, 0.3) is 0 Å². The summed E-state index contributed by atoms with van der Waals surface area (Å²) in [5.41, 5.74) is 6.97. The third kappa shape index (κ3) is 4.95. The van der Waals surface area contributed by atoms with Gasteiger partial charge in [-0.25, -0.2) is 0 Å². The smallest absolute Gasteiger partial charge is 0.106 e. The molecule has 0 saturated heterocycles. The molecule has 1 unspecified atom stereocenters. The van der Waals surface area contributed by atoms with Gasteiger partial charge in [0, 0.05) is 41.5 Å². The fourth-order valence-electron chi connectivity index (χ4n) is 3.64. The number of nitrogens with zero attached hydrogens (tertiary/aromatic N) is 2. The normalized spacial score (nSPS) is 12.8. The van der Waals surface area contributed by atoms with Crippen LogP contribution in [0.5, 0.6) is 0 Å². The SMILES string of the molecule is Cc1c(C(O)c2ccccc2)c(C(C)C)c(SC/C=C/Cl)n1Cc1ccncc1. The summed E-state index contributed by atoms with van der Waals surface area (Å²) < 4.78 is 2.32. The van der Waals surface area contributed by atoms with Crippen molar-refractivity contribution in [3.8, 4) is 0 Å². The standard InChI is InChI=1S/C24H27ClN2OS/c1-17(2)21-22(23(28)20-8-5-4-6-9-20)18(3)27(24(21)29-15-7-12-25)16-19-10-13-26-14-11-19/h4-14,17,23,28H,15-16H2,1-3H3/b12-7+. The Morgan fingerprint density at radius 1 is 1.10 bits per heavy atom. The van der Waals surface area contributed by atoms with Gasteiger partial charge in [0.15, 0.2) is 0 Å². The third-order valence-corrected chi connectivity index (χ3v) is 6.27. The van der Waals surface area contributed by atoms with Crippen LogP contribution in [0, 0.1) is 6.92 Å². The summed E-state index contributed by atoms with van der Waals surface area (Å²) in [5.74, 6) is 1.06. The number of pyridine rings is 1. The van der Waals surface area contributed by atoms with Crippen molar-refractivity contribution >= 4 is 23.4 Å². The van der Waals surface area contributed by atoms with Gasteiger partial charge in [0.05, 0.1) is 5.03 Å². The molecule has 0 spiro atoms. The lowest BCUT2D eigenvalue weighted by Gasteiger charge is -2.16. The Labute approximate surface area is 182 Å². The number of aliphatic hydroxyl groups is 1. The minimum absolute atomic E-state index is 0.281. The van der Waals surface area contributed by atoms with Crippen molar-refractivity contribution in [2.45, 2.75) is 44.4 Å². The highest BCUT2D eigenvalue weighted by Gasteiger charge is 2.27. The van der Waals surface area contributed by atoms with Crippen LogP contribution in [0.1, 0.15) is 53.8 Å². The molecule has 0 radical (unpaired) electrons. The van der Waals surface area contributed by atoms with Gasteiger partial charge in [0.2, 0.25) is 0 Å². The molecule has 3 aromatic rings. The number of halogens is 1. The number of aromatic nitrogens is 2. The zero-order valence-corrected chi connectivity index (χ0v) is 18.6. The number of thioether (sulfide) groups is 1. The van der Waals surface area contributed by atoms with Crippen LogP contribution in [0.3, 0.4) is 0 Å². The second-order valence-corrected chi connectivity index (χ2v) is 8.56. The van der Waals surface area contributed by atoms with Gasteiger partial charge in [0.1, 0.15) is 6.10 Å². The maximum absolute atomic E-state index is 11.3. The highest BCUT2D eigenvalue weighted by molar-refractivity contribution is 7.99. The van der Waals surface area contributed by atoms with Crippen LogP contribution in [-0.2, 0) is 6.54 Å². The van der Waals surface area contributed by atoms with Crippen molar-refractivity contribution in [2.24, 2.45) is 0 Å². The maximum Gasteiger partial charge on any atom is 0.106 e. The van der Waals surface area contributed by atoms with Gasteiger partial charge < -0.3 is 9.67 Å². The summed E-state index contributed by atoms with van der Waals surface area (Å²) in [6.45, 7) is 7.22. The lowest BCUT2D eigenvalue weighted by molar-refractivity contribution is 0.218. The van der Waals surface area contributed by atoms with E-state index in [1.807, 2.05) is 60.9 Å².